The van der Waals surface area contributed by atoms with Crippen LogP contribution in [-0.4, -0.2) is 39.2 Å². The lowest BCUT2D eigenvalue weighted by molar-refractivity contribution is -0.140. The number of anilines is 1. The van der Waals surface area contributed by atoms with E-state index >= 15 is 0 Å². The number of nitrogens with one attached hydrogen (secondary N) is 1. The van der Waals surface area contributed by atoms with Gasteiger partial charge >= 0.3 is 11.9 Å². The number of hydrogen-bond acceptors (Lipinski definition) is 5. The number of halogens is 4. The molecular formula is C27H23F4N5O3. The van der Waals surface area contributed by atoms with Gasteiger partial charge in [-0.1, -0.05) is 6.07 Å². The number of alkyl halides is 3. The summed E-state index contributed by atoms with van der Waals surface area (Å²) in [6.07, 6.45) is -1.41. The largest absolute Gasteiger partial charge is 0.419 e. The summed E-state index contributed by atoms with van der Waals surface area (Å²) in [5.74, 6) is -1.06. The highest BCUT2D eigenvalue weighted by molar-refractivity contribution is 6.04. The Morgan fingerprint density at radius 2 is 1.74 bits per heavy atom. The first kappa shape index (κ1) is 27.5. The molecule has 0 spiro atoms. The van der Waals surface area contributed by atoms with Gasteiger partial charge in [-0.3, -0.25) is 18.9 Å². The van der Waals surface area contributed by atoms with E-state index < -0.39 is 23.2 Å². The Bertz CT molecular complexity index is 1710. The highest BCUT2D eigenvalue weighted by Crippen LogP contribution is 2.34. The topological polar surface area (TPSA) is 91.0 Å². The van der Waals surface area contributed by atoms with Gasteiger partial charge in [0.05, 0.1) is 34.0 Å². The van der Waals surface area contributed by atoms with Gasteiger partial charge in [0.15, 0.2) is 0 Å². The van der Waals surface area contributed by atoms with Gasteiger partial charge in [0.25, 0.3) is 0 Å². The fourth-order valence-corrected chi connectivity index (χ4v) is 4.00. The number of benzene rings is 2. The van der Waals surface area contributed by atoms with Crippen LogP contribution in [0.25, 0.3) is 38.8 Å². The minimum atomic E-state index is -4.93. The Labute approximate surface area is 219 Å². The van der Waals surface area contributed by atoms with Crippen LogP contribution in [0.1, 0.15) is 12.5 Å². The molecule has 0 radical (unpaired) electrons. The van der Waals surface area contributed by atoms with Gasteiger partial charge < -0.3 is 10.1 Å². The third kappa shape index (κ3) is 5.36. The average Bonchev–Trinajstić information content (AvgIpc) is 3.19. The number of aryl methyl sites for hydroxylation is 1. The molecule has 0 aliphatic carbocycles. The lowest BCUT2D eigenvalue weighted by atomic mass is 10.0. The average molecular weight is 542 g/mol. The van der Waals surface area contributed by atoms with Gasteiger partial charge in [-0.25, -0.2) is 14.2 Å². The van der Waals surface area contributed by atoms with E-state index in [1.54, 1.807) is 43.6 Å². The number of fused-ring (bicyclic) bond motifs is 3. The number of rotatable bonds is 5. The molecule has 5 rings (SSSR count). The standard InChI is InChI=1S/C24H15F4N5O2.C3H8O/c1-32-20-11-29-19-6-2-13(14-3-7-21(30-10-14)31-12-34)8-16(19)22(20)33(23(32)35)15-4-5-18(25)17(9-15)24(26,27)28;1-3-4-2/h2-12H,1H3,(H,30,31,34);3H2,1-2H3. The van der Waals surface area contributed by atoms with E-state index in [0.717, 1.165) is 17.2 Å². The molecule has 1 N–H and O–H groups in total. The molecule has 8 nitrogen and oxygen atoms in total. The number of nitrogens with zero attached hydrogens (tertiary/aromatic N) is 4. The van der Waals surface area contributed by atoms with Crippen molar-refractivity contribution in [3.8, 4) is 16.8 Å². The zero-order valence-electron chi connectivity index (χ0n) is 21.1. The molecule has 0 aliphatic rings. The second-order valence-electron chi connectivity index (χ2n) is 8.33. The molecule has 202 valence electrons. The van der Waals surface area contributed by atoms with E-state index in [1.807, 2.05) is 6.92 Å². The van der Waals surface area contributed by atoms with Crippen molar-refractivity contribution < 1.29 is 27.1 Å². The van der Waals surface area contributed by atoms with Gasteiger partial charge in [0, 0.05) is 37.9 Å². The van der Waals surface area contributed by atoms with Gasteiger partial charge in [-0.05, 0) is 55.0 Å². The number of methoxy groups -OCH3 is 1. The number of pyridine rings is 2. The van der Waals surface area contributed by atoms with E-state index in [4.69, 9.17) is 0 Å². The fourth-order valence-electron chi connectivity index (χ4n) is 4.00. The van der Waals surface area contributed by atoms with E-state index in [2.05, 4.69) is 20.0 Å². The summed E-state index contributed by atoms with van der Waals surface area (Å²) in [4.78, 5) is 32.2. The predicted molar refractivity (Wildman–Crippen MR) is 139 cm³/mol. The molecule has 0 saturated carbocycles. The van der Waals surface area contributed by atoms with E-state index in [-0.39, 0.29) is 5.69 Å². The summed E-state index contributed by atoms with van der Waals surface area (Å²) >= 11 is 0. The molecule has 0 fully saturated rings. The minimum absolute atomic E-state index is 0.127. The van der Waals surface area contributed by atoms with Gasteiger partial charge in [0.1, 0.15) is 11.6 Å². The SMILES string of the molecule is CCOC.Cn1c(=O)n(-c2ccc(F)c(C(F)(F)F)c2)c2c3cc(-c4ccc(NC=O)nc4)ccc3ncc21. The molecular weight excluding hydrogens is 518 g/mol. The Hall–Kier alpha value is -4.58. The molecule has 2 aromatic carbocycles. The zero-order valence-corrected chi connectivity index (χ0v) is 21.1. The van der Waals surface area contributed by atoms with Crippen LogP contribution in [0.4, 0.5) is 23.4 Å². The molecule has 0 aliphatic heterocycles. The van der Waals surface area contributed by atoms with Crippen LogP contribution < -0.4 is 11.0 Å². The second kappa shape index (κ2) is 11.0. The highest BCUT2D eigenvalue weighted by Gasteiger charge is 2.34. The van der Waals surface area contributed by atoms with E-state index in [1.165, 1.54) is 17.8 Å². The van der Waals surface area contributed by atoms with Crippen LogP contribution in [0.3, 0.4) is 0 Å². The Kier molecular flexibility index (Phi) is 7.77. The smallest absolute Gasteiger partial charge is 0.385 e. The maximum Gasteiger partial charge on any atom is 0.419 e. The third-order valence-corrected chi connectivity index (χ3v) is 5.99. The van der Waals surface area contributed by atoms with Gasteiger partial charge in [-0.15, -0.1) is 0 Å². The maximum absolute atomic E-state index is 13.9. The normalized spacial score (nSPS) is 11.4. The number of ether oxygens (including phenoxy) is 1. The van der Waals surface area contributed by atoms with E-state index in [9.17, 15) is 27.2 Å². The number of imidazole rings is 1. The third-order valence-electron chi connectivity index (χ3n) is 5.99. The lowest BCUT2D eigenvalue weighted by Gasteiger charge is -2.12. The summed E-state index contributed by atoms with van der Waals surface area (Å²) in [5.41, 5.74) is 0.432. The maximum atomic E-state index is 13.9. The van der Waals surface area contributed by atoms with Crippen LogP contribution in [0, 0.1) is 5.82 Å². The molecule has 0 bridgehead atoms. The van der Waals surface area contributed by atoms with Crippen LogP contribution >= 0.6 is 0 Å². The van der Waals surface area contributed by atoms with Crippen molar-refractivity contribution in [3.05, 3.63) is 82.8 Å². The molecule has 5 aromatic rings. The number of amides is 1. The second-order valence-corrected chi connectivity index (χ2v) is 8.33. The Morgan fingerprint density at radius 3 is 2.36 bits per heavy atom. The van der Waals surface area contributed by atoms with Crippen LogP contribution in [0.15, 0.2) is 65.7 Å². The molecule has 0 atom stereocenters. The van der Waals surface area contributed by atoms with Crippen LogP contribution in [0.5, 0.6) is 0 Å². The molecule has 1 amide bonds. The van der Waals surface area contributed by atoms with Crippen molar-refractivity contribution >= 4 is 34.2 Å². The molecule has 3 aromatic heterocycles. The number of hydrogen-bond donors (Lipinski definition) is 1. The summed E-state index contributed by atoms with van der Waals surface area (Å²) in [6.45, 7) is 2.78. The van der Waals surface area contributed by atoms with Crippen molar-refractivity contribution in [3.63, 3.8) is 0 Å². The van der Waals surface area contributed by atoms with Gasteiger partial charge in [-0.2, -0.15) is 13.2 Å². The van der Waals surface area contributed by atoms with Crippen molar-refractivity contribution in [2.24, 2.45) is 7.05 Å². The lowest BCUT2D eigenvalue weighted by Crippen LogP contribution is -2.21. The van der Waals surface area contributed by atoms with Crippen molar-refractivity contribution in [2.75, 3.05) is 19.0 Å². The Morgan fingerprint density at radius 1 is 1.03 bits per heavy atom. The first-order valence-corrected chi connectivity index (χ1v) is 11.6. The number of aromatic nitrogens is 4. The van der Waals surface area contributed by atoms with Crippen LogP contribution in [0.2, 0.25) is 0 Å². The summed E-state index contributed by atoms with van der Waals surface area (Å²) in [6, 6.07) is 11.0. The first-order chi connectivity index (χ1) is 18.6. The van der Waals surface area contributed by atoms with Crippen molar-refractivity contribution in [1.82, 2.24) is 19.1 Å². The highest BCUT2D eigenvalue weighted by atomic mass is 19.4. The summed E-state index contributed by atoms with van der Waals surface area (Å²) in [5, 5.41) is 2.95. The Balaban J connectivity index is 0.000000826. The predicted octanol–water partition coefficient (Wildman–Crippen LogP) is 5.32. The molecule has 39 heavy (non-hydrogen) atoms. The monoisotopic (exact) mass is 541 g/mol. The van der Waals surface area contributed by atoms with Crippen molar-refractivity contribution in [1.29, 1.82) is 0 Å². The summed E-state index contributed by atoms with van der Waals surface area (Å²) < 4.78 is 60.9. The van der Waals surface area contributed by atoms with Crippen LogP contribution in [-0.2, 0) is 22.8 Å². The van der Waals surface area contributed by atoms with Gasteiger partial charge in [0.2, 0.25) is 6.41 Å². The molecule has 0 saturated heterocycles. The number of carbonyl (C=O) groups is 1. The summed E-state index contributed by atoms with van der Waals surface area (Å²) in [7, 11) is 3.16. The molecule has 12 heteroatoms. The zero-order chi connectivity index (χ0) is 28.3. The van der Waals surface area contributed by atoms with E-state index in [0.29, 0.717) is 57.4 Å². The molecule has 0 unspecified atom stereocenters. The molecule has 3 heterocycles. The minimum Gasteiger partial charge on any atom is -0.385 e. The number of carbonyl (C=O) groups excluding carboxylic acids is 1. The fraction of sp³-hybridized carbons (Fsp3) is 0.185. The van der Waals surface area contributed by atoms with Crippen molar-refractivity contribution in [2.45, 2.75) is 13.1 Å². The quantitative estimate of drug-likeness (QED) is 0.240. The first-order valence-electron chi connectivity index (χ1n) is 11.6.